The van der Waals surface area contributed by atoms with Crippen molar-refractivity contribution in [1.29, 1.82) is 0 Å². The molecule has 0 aliphatic carbocycles. The second kappa shape index (κ2) is 6.16. The smallest absolute Gasteiger partial charge is 0.273 e. The Morgan fingerprint density at radius 1 is 1.23 bits per heavy atom. The molecule has 26 heavy (non-hydrogen) atoms. The zero-order chi connectivity index (χ0) is 18.3. The molecular weight excluding hydrogens is 332 g/mol. The van der Waals surface area contributed by atoms with Gasteiger partial charge in [-0.2, -0.15) is 0 Å². The first-order valence-corrected chi connectivity index (χ1v) is 8.83. The van der Waals surface area contributed by atoms with E-state index in [0.29, 0.717) is 38.1 Å². The van der Waals surface area contributed by atoms with Crippen LogP contribution in [0.3, 0.4) is 0 Å². The van der Waals surface area contributed by atoms with Crippen molar-refractivity contribution >= 4 is 34.1 Å². The predicted octanol–water partition coefficient (Wildman–Crippen LogP) is 2.27. The third-order valence-corrected chi connectivity index (χ3v) is 5.36. The van der Waals surface area contributed by atoms with Gasteiger partial charge in [0.15, 0.2) is 0 Å². The van der Waals surface area contributed by atoms with Gasteiger partial charge >= 0.3 is 0 Å². The number of piperidine rings is 1. The van der Waals surface area contributed by atoms with Crippen molar-refractivity contribution < 1.29 is 14.4 Å². The molecule has 0 bridgehead atoms. The van der Waals surface area contributed by atoms with Crippen molar-refractivity contribution in [2.24, 2.45) is 12.2 Å². The number of hydrogen-bond acceptors (Lipinski definition) is 4. The van der Waals surface area contributed by atoms with Gasteiger partial charge in [0, 0.05) is 69.1 Å². The van der Waals surface area contributed by atoms with Crippen molar-refractivity contribution in [1.82, 2.24) is 9.47 Å². The minimum atomic E-state index is -0.442. The number of oxime groups is 1. The van der Waals surface area contributed by atoms with Crippen molar-refractivity contribution in [2.75, 3.05) is 18.4 Å². The lowest BCUT2D eigenvalue weighted by atomic mass is 9.86. The number of amides is 2. The van der Waals surface area contributed by atoms with E-state index in [4.69, 9.17) is 4.84 Å². The third-order valence-electron chi connectivity index (χ3n) is 5.36. The largest absolute Gasteiger partial charge is 0.388 e. The van der Waals surface area contributed by atoms with E-state index in [0.717, 1.165) is 16.6 Å². The maximum absolute atomic E-state index is 12.6. The fourth-order valence-electron chi connectivity index (χ4n) is 3.70. The number of aryl methyl sites for hydroxylation is 1. The summed E-state index contributed by atoms with van der Waals surface area (Å²) in [5.74, 6) is -0.154. The SMILES string of the molecule is CC(=O)N1CCC2(CC1)CC(C(=O)Nc1ccc3c(ccn3C)c1)=NO2. The number of anilines is 1. The van der Waals surface area contributed by atoms with Crippen LogP contribution in [0, 0.1) is 0 Å². The van der Waals surface area contributed by atoms with Crippen LogP contribution in [-0.2, 0) is 21.5 Å². The fourth-order valence-corrected chi connectivity index (χ4v) is 3.70. The fraction of sp³-hybridized carbons (Fsp3) is 0.421. The lowest BCUT2D eigenvalue weighted by molar-refractivity contribution is -0.134. The topological polar surface area (TPSA) is 75.9 Å². The molecule has 2 aromatic rings. The van der Waals surface area contributed by atoms with Crippen LogP contribution in [0.5, 0.6) is 0 Å². The highest BCUT2D eigenvalue weighted by atomic mass is 16.7. The maximum Gasteiger partial charge on any atom is 0.273 e. The number of nitrogens with one attached hydrogen (secondary N) is 1. The monoisotopic (exact) mass is 354 g/mol. The van der Waals surface area contributed by atoms with Gasteiger partial charge in [-0.1, -0.05) is 5.16 Å². The molecule has 7 nitrogen and oxygen atoms in total. The number of hydrogen-bond donors (Lipinski definition) is 1. The van der Waals surface area contributed by atoms with E-state index in [1.807, 2.05) is 47.0 Å². The Kier molecular flexibility index (Phi) is 3.94. The van der Waals surface area contributed by atoms with Crippen LogP contribution in [-0.4, -0.2) is 45.7 Å². The first kappa shape index (κ1) is 16.6. The number of likely N-dealkylation sites (tertiary alicyclic amines) is 1. The highest BCUT2D eigenvalue weighted by molar-refractivity contribution is 6.43. The molecule has 1 fully saturated rings. The molecule has 1 spiro atoms. The van der Waals surface area contributed by atoms with Crippen molar-refractivity contribution in [3.8, 4) is 0 Å². The van der Waals surface area contributed by atoms with E-state index in [-0.39, 0.29) is 11.8 Å². The molecule has 1 aromatic heterocycles. The van der Waals surface area contributed by atoms with E-state index >= 15 is 0 Å². The molecule has 4 rings (SSSR count). The molecule has 1 saturated heterocycles. The van der Waals surface area contributed by atoms with Gasteiger partial charge in [-0.05, 0) is 24.3 Å². The van der Waals surface area contributed by atoms with Crippen molar-refractivity contribution in [2.45, 2.75) is 31.8 Å². The predicted molar refractivity (Wildman–Crippen MR) is 98.9 cm³/mol. The molecular formula is C19H22N4O3. The number of nitrogens with zero attached hydrogens (tertiary/aromatic N) is 3. The Balaban J connectivity index is 1.40. The first-order valence-electron chi connectivity index (χ1n) is 8.83. The van der Waals surface area contributed by atoms with E-state index in [2.05, 4.69) is 10.5 Å². The average molecular weight is 354 g/mol. The Hall–Kier alpha value is -2.83. The molecule has 2 aliphatic heterocycles. The lowest BCUT2D eigenvalue weighted by Gasteiger charge is -2.36. The van der Waals surface area contributed by atoms with Crippen LogP contribution in [0.2, 0.25) is 0 Å². The number of carbonyl (C=O) groups excluding carboxylic acids is 2. The molecule has 3 heterocycles. The van der Waals surface area contributed by atoms with E-state index in [9.17, 15) is 9.59 Å². The van der Waals surface area contributed by atoms with Gasteiger partial charge in [-0.3, -0.25) is 9.59 Å². The molecule has 1 N–H and O–H groups in total. The van der Waals surface area contributed by atoms with Crippen LogP contribution in [0.4, 0.5) is 5.69 Å². The second-order valence-corrected chi connectivity index (χ2v) is 7.15. The number of fused-ring (bicyclic) bond motifs is 1. The molecule has 0 radical (unpaired) electrons. The summed E-state index contributed by atoms with van der Waals surface area (Å²) in [5.41, 5.74) is 1.82. The van der Waals surface area contributed by atoms with Crippen LogP contribution >= 0.6 is 0 Å². The van der Waals surface area contributed by atoms with Gasteiger partial charge in [0.05, 0.1) is 0 Å². The number of rotatable bonds is 2. The standard InChI is InChI=1S/C19H22N4O3/c1-13(24)23-9-6-19(7-10-23)12-16(21-26-19)18(25)20-15-3-4-17-14(11-15)5-8-22(17)2/h3-5,8,11H,6-7,9-10,12H2,1-2H3,(H,20,25). The molecule has 136 valence electrons. The van der Waals surface area contributed by atoms with E-state index < -0.39 is 5.60 Å². The summed E-state index contributed by atoms with van der Waals surface area (Å²) < 4.78 is 2.03. The number of benzene rings is 1. The van der Waals surface area contributed by atoms with Gasteiger partial charge < -0.3 is 19.6 Å². The number of aromatic nitrogens is 1. The summed E-state index contributed by atoms with van der Waals surface area (Å²) in [4.78, 5) is 31.5. The summed E-state index contributed by atoms with van der Waals surface area (Å²) in [6.07, 6.45) is 3.87. The lowest BCUT2D eigenvalue weighted by Crippen LogP contribution is -2.46. The van der Waals surface area contributed by atoms with Gasteiger partial charge in [0.1, 0.15) is 11.3 Å². The molecule has 1 aromatic carbocycles. The Morgan fingerprint density at radius 3 is 2.73 bits per heavy atom. The van der Waals surface area contributed by atoms with Crippen LogP contribution in [0.1, 0.15) is 26.2 Å². The molecule has 0 unspecified atom stereocenters. The highest BCUT2D eigenvalue weighted by Gasteiger charge is 2.44. The molecule has 0 saturated carbocycles. The normalized spacial score (nSPS) is 18.7. The van der Waals surface area contributed by atoms with Crippen molar-refractivity contribution in [3.05, 3.63) is 30.5 Å². The molecule has 2 aliphatic rings. The molecule has 7 heteroatoms. The summed E-state index contributed by atoms with van der Waals surface area (Å²) in [7, 11) is 1.99. The summed E-state index contributed by atoms with van der Waals surface area (Å²) in [5, 5.41) is 8.03. The Bertz CT molecular complexity index is 907. The van der Waals surface area contributed by atoms with E-state index in [1.54, 1.807) is 6.92 Å². The summed E-state index contributed by atoms with van der Waals surface area (Å²) >= 11 is 0. The highest BCUT2D eigenvalue weighted by Crippen LogP contribution is 2.35. The minimum absolute atomic E-state index is 0.0769. The van der Waals surface area contributed by atoms with Gasteiger partial charge in [0.2, 0.25) is 5.91 Å². The summed E-state index contributed by atoms with van der Waals surface area (Å²) in [6, 6.07) is 7.83. The average Bonchev–Trinajstić information content (AvgIpc) is 3.20. The Labute approximate surface area is 151 Å². The van der Waals surface area contributed by atoms with Crippen LogP contribution < -0.4 is 5.32 Å². The second-order valence-electron chi connectivity index (χ2n) is 7.15. The van der Waals surface area contributed by atoms with Gasteiger partial charge in [0.25, 0.3) is 5.91 Å². The Morgan fingerprint density at radius 2 is 2.00 bits per heavy atom. The van der Waals surface area contributed by atoms with Crippen LogP contribution in [0.15, 0.2) is 35.6 Å². The quantitative estimate of drug-likeness (QED) is 0.899. The maximum atomic E-state index is 12.6. The summed E-state index contributed by atoms with van der Waals surface area (Å²) in [6.45, 7) is 2.86. The zero-order valence-corrected chi connectivity index (χ0v) is 15.0. The van der Waals surface area contributed by atoms with E-state index in [1.165, 1.54) is 0 Å². The number of carbonyl (C=O) groups is 2. The molecule has 0 atom stereocenters. The van der Waals surface area contributed by atoms with Crippen LogP contribution in [0.25, 0.3) is 10.9 Å². The first-order chi connectivity index (χ1) is 12.5. The third kappa shape index (κ3) is 2.94. The molecule has 2 amide bonds. The van der Waals surface area contributed by atoms with Gasteiger partial charge in [-0.15, -0.1) is 0 Å². The zero-order valence-electron chi connectivity index (χ0n) is 15.0. The van der Waals surface area contributed by atoms with Crippen molar-refractivity contribution in [3.63, 3.8) is 0 Å². The minimum Gasteiger partial charge on any atom is -0.388 e. The van der Waals surface area contributed by atoms with Gasteiger partial charge in [-0.25, -0.2) is 0 Å².